The normalized spacial score (nSPS) is 21.3. The molecule has 0 radical (unpaired) electrons. The monoisotopic (exact) mass is 326 g/mol. The average Bonchev–Trinajstić information content (AvgIpc) is 2.38. The lowest BCUT2D eigenvalue weighted by atomic mass is 9.91. The maximum absolute atomic E-state index is 5.23. The van der Waals surface area contributed by atoms with Crippen molar-refractivity contribution in [3.05, 3.63) is 10.7 Å². The highest BCUT2D eigenvalue weighted by molar-refractivity contribution is 9.10. The third-order valence-corrected chi connectivity index (χ3v) is 4.62. The van der Waals surface area contributed by atoms with Gasteiger partial charge in [0.25, 0.3) is 0 Å². The third-order valence-electron chi connectivity index (χ3n) is 4.08. The molecule has 5 nitrogen and oxygen atoms in total. The van der Waals surface area contributed by atoms with Crippen LogP contribution in [-0.4, -0.2) is 54.2 Å². The zero-order valence-electron chi connectivity index (χ0n) is 11.2. The zero-order valence-corrected chi connectivity index (χ0v) is 12.8. The van der Waals surface area contributed by atoms with Gasteiger partial charge in [-0.2, -0.15) is 4.98 Å². The van der Waals surface area contributed by atoms with Gasteiger partial charge in [-0.15, -0.1) is 0 Å². The summed E-state index contributed by atoms with van der Waals surface area (Å²) in [7, 11) is 1.63. The Labute approximate surface area is 122 Å². The Morgan fingerprint density at radius 2 is 2.00 bits per heavy atom. The highest BCUT2D eigenvalue weighted by atomic mass is 79.9. The van der Waals surface area contributed by atoms with E-state index in [-0.39, 0.29) is 0 Å². The lowest BCUT2D eigenvalue weighted by molar-refractivity contribution is 0.120. The van der Waals surface area contributed by atoms with Crippen molar-refractivity contribution in [1.29, 1.82) is 0 Å². The Hall–Kier alpha value is -0.880. The van der Waals surface area contributed by atoms with E-state index < -0.39 is 0 Å². The number of piperazine rings is 1. The molecule has 0 unspecified atom stereocenters. The summed E-state index contributed by atoms with van der Waals surface area (Å²) in [4.78, 5) is 13.7. The van der Waals surface area contributed by atoms with Gasteiger partial charge in [-0.25, -0.2) is 4.98 Å². The quantitative estimate of drug-likeness (QED) is 0.848. The third kappa shape index (κ3) is 2.69. The summed E-state index contributed by atoms with van der Waals surface area (Å²) in [6.45, 7) is 4.24. The molecule has 1 aromatic heterocycles. The van der Waals surface area contributed by atoms with Crippen molar-refractivity contribution in [2.75, 3.05) is 38.2 Å². The van der Waals surface area contributed by atoms with Gasteiger partial charge in [0.1, 0.15) is 0 Å². The molecule has 6 heteroatoms. The highest BCUT2D eigenvalue weighted by Gasteiger charge is 2.28. The molecule has 104 valence electrons. The van der Waals surface area contributed by atoms with Crippen molar-refractivity contribution >= 4 is 21.9 Å². The van der Waals surface area contributed by atoms with Gasteiger partial charge < -0.3 is 9.64 Å². The Bertz CT molecular complexity index is 444. The lowest BCUT2D eigenvalue weighted by Crippen LogP contribution is -2.52. The summed E-state index contributed by atoms with van der Waals surface area (Å²) < 4.78 is 6.03. The number of nitrogens with zero attached hydrogens (tertiary/aromatic N) is 4. The zero-order chi connectivity index (χ0) is 13.2. The minimum Gasteiger partial charge on any atom is -0.480 e. The molecular weight excluding hydrogens is 308 g/mol. The predicted molar refractivity (Wildman–Crippen MR) is 77.7 cm³/mol. The SMILES string of the molecule is COc1nc(N2CCN(C3CCC3)CC2)ncc1Br. The summed E-state index contributed by atoms with van der Waals surface area (Å²) in [6, 6.07) is 0.836. The van der Waals surface area contributed by atoms with E-state index in [0.29, 0.717) is 5.88 Å². The lowest BCUT2D eigenvalue weighted by Gasteiger charge is -2.42. The maximum atomic E-state index is 5.23. The molecule has 0 amide bonds. The molecule has 1 aliphatic carbocycles. The molecule has 19 heavy (non-hydrogen) atoms. The molecule has 0 bridgehead atoms. The van der Waals surface area contributed by atoms with Crippen molar-refractivity contribution in [3.63, 3.8) is 0 Å². The van der Waals surface area contributed by atoms with Gasteiger partial charge in [0.15, 0.2) is 0 Å². The number of halogens is 1. The van der Waals surface area contributed by atoms with Gasteiger partial charge in [-0.1, -0.05) is 6.42 Å². The smallest absolute Gasteiger partial charge is 0.232 e. The number of hydrogen-bond donors (Lipinski definition) is 0. The van der Waals surface area contributed by atoms with Crippen LogP contribution in [0.15, 0.2) is 10.7 Å². The topological polar surface area (TPSA) is 41.5 Å². The van der Waals surface area contributed by atoms with Crippen LogP contribution in [0, 0.1) is 0 Å². The van der Waals surface area contributed by atoms with E-state index in [2.05, 4.69) is 35.7 Å². The second-order valence-electron chi connectivity index (χ2n) is 5.13. The number of rotatable bonds is 3. The first-order valence-electron chi connectivity index (χ1n) is 6.83. The van der Waals surface area contributed by atoms with E-state index in [1.54, 1.807) is 13.3 Å². The van der Waals surface area contributed by atoms with Crippen molar-refractivity contribution in [3.8, 4) is 5.88 Å². The van der Waals surface area contributed by atoms with Crippen LogP contribution in [0.25, 0.3) is 0 Å². The van der Waals surface area contributed by atoms with E-state index in [1.165, 1.54) is 19.3 Å². The average molecular weight is 327 g/mol. The van der Waals surface area contributed by atoms with Crippen LogP contribution in [0.5, 0.6) is 5.88 Å². The molecule has 1 aromatic rings. The van der Waals surface area contributed by atoms with Crippen LogP contribution >= 0.6 is 15.9 Å². The first kappa shape index (κ1) is 13.1. The first-order chi connectivity index (χ1) is 9.28. The molecule has 2 fully saturated rings. The van der Waals surface area contributed by atoms with Crippen LogP contribution < -0.4 is 9.64 Å². The van der Waals surface area contributed by atoms with Crippen LogP contribution in [-0.2, 0) is 0 Å². The molecular formula is C13H19BrN4O. The summed E-state index contributed by atoms with van der Waals surface area (Å²) in [5.41, 5.74) is 0. The Balaban J connectivity index is 1.64. The van der Waals surface area contributed by atoms with Crippen LogP contribution in [0.3, 0.4) is 0 Å². The largest absolute Gasteiger partial charge is 0.480 e. The summed E-state index contributed by atoms with van der Waals surface area (Å²) in [6.07, 6.45) is 5.92. The van der Waals surface area contributed by atoms with Gasteiger partial charge in [-0.05, 0) is 28.8 Å². The number of aromatic nitrogens is 2. The molecule has 0 N–H and O–H groups in total. The number of methoxy groups -OCH3 is 1. The first-order valence-corrected chi connectivity index (χ1v) is 7.63. The minimum absolute atomic E-state index is 0.603. The van der Waals surface area contributed by atoms with Gasteiger partial charge in [0.05, 0.1) is 17.8 Å². The summed E-state index contributed by atoms with van der Waals surface area (Å²) >= 11 is 3.38. The van der Waals surface area contributed by atoms with E-state index in [9.17, 15) is 0 Å². The molecule has 0 spiro atoms. The van der Waals surface area contributed by atoms with Crippen LogP contribution in [0.1, 0.15) is 19.3 Å². The van der Waals surface area contributed by atoms with E-state index in [4.69, 9.17) is 4.74 Å². The van der Waals surface area contributed by atoms with Crippen molar-refractivity contribution < 1.29 is 4.74 Å². The van der Waals surface area contributed by atoms with E-state index >= 15 is 0 Å². The fourth-order valence-electron chi connectivity index (χ4n) is 2.68. The van der Waals surface area contributed by atoms with Gasteiger partial charge in [0.2, 0.25) is 11.8 Å². The molecule has 1 aliphatic heterocycles. The molecule has 0 aromatic carbocycles. The number of ether oxygens (including phenoxy) is 1. The van der Waals surface area contributed by atoms with Crippen molar-refractivity contribution in [1.82, 2.24) is 14.9 Å². The van der Waals surface area contributed by atoms with Crippen LogP contribution in [0.2, 0.25) is 0 Å². The van der Waals surface area contributed by atoms with Gasteiger partial charge in [0, 0.05) is 32.2 Å². The Kier molecular flexibility index (Phi) is 3.88. The molecule has 2 heterocycles. The summed E-state index contributed by atoms with van der Waals surface area (Å²) in [5, 5.41) is 0. The van der Waals surface area contributed by atoms with Crippen LogP contribution in [0.4, 0.5) is 5.95 Å². The highest BCUT2D eigenvalue weighted by Crippen LogP contribution is 2.27. The van der Waals surface area contributed by atoms with E-state index in [0.717, 1.165) is 42.6 Å². The maximum Gasteiger partial charge on any atom is 0.232 e. The summed E-state index contributed by atoms with van der Waals surface area (Å²) in [5.74, 6) is 1.37. The molecule has 0 atom stereocenters. The second-order valence-corrected chi connectivity index (χ2v) is 5.99. The van der Waals surface area contributed by atoms with Crippen molar-refractivity contribution in [2.45, 2.75) is 25.3 Å². The fraction of sp³-hybridized carbons (Fsp3) is 0.692. The molecule has 1 saturated carbocycles. The molecule has 1 saturated heterocycles. The van der Waals surface area contributed by atoms with Gasteiger partial charge in [-0.3, -0.25) is 4.90 Å². The Morgan fingerprint density at radius 1 is 1.26 bits per heavy atom. The molecule has 3 rings (SSSR count). The van der Waals surface area contributed by atoms with Gasteiger partial charge >= 0.3 is 0 Å². The number of anilines is 1. The minimum atomic E-state index is 0.603. The second kappa shape index (κ2) is 5.63. The standard InChI is InChI=1S/C13H19BrN4O/c1-19-12-11(14)9-15-13(16-12)18-7-5-17(6-8-18)10-3-2-4-10/h9-10H,2-8H2,1H3. The van der Waals surface area contributed by atoms with Crippen molar-refractivity contribution in [2.24, 2.45) is 0 Å². The van der Waals surface area contributed by atoms with E-state index in [1.807, 2.05) is 0 Å². The number of hydrogen-bond acceptors (Lipinski definition) is 5. The molecule has 2 aliphatic rings. The predicted octanol–water partition coefficient (Wildman–Crippen LogP) is 1.92. The fourth-order valence-corrected chi connectivity index (χ4v) is 3.03. The Morgan fingerprint density at radius 3 is 2.58 bits per heavy atom.